The Balaban J connectivity index is 2.23. The van der Waals surface area contributed by atoms with Crippen molar-refractivity contribution in [2.75, 3.05) is 24.5 Å². The van der Waals surface area contributed by atoms with Gasteiger partial charge in [0, 0.05) is 30.7 Å². The number of carbonyl (C=O) groups is 2. The first-order chi connectivity index (χ1) is 12.4. The molecule has 0 bridgehead atoms. The number of carbonyl (C=O) groups excluding carboxylic acids is 2. The van der Waals surface area contributed by atoms with Crippen LogP contribution in [0.15, 0.2) is 24.3 Å². The predicted octanol–water partition coefficient (Wildman–Crippen LogP) is 4.49. The van der Waals surface area contributed by atoms with Crippen LogP contribution in [0.3, 0.4) is 0 Å². The van der Waals surface area contributed by atoms with E-state index < -0.39 is 5.41 Å². The molecule has 27 heavy (non-hydrogen) atoms. The van der Waals surface area contributed by atoms with Gasteiger partial charge in [-0.05, 0) is 42.5 Å². The van der Waals surface area contributed by atoms with Gasteiger partial charge in [0.05, 0.1) is 5.92 Å². The topological polar surface area (TPSA) is 40.6 Å². The smallest absolute Gasteiger partial charge is 0.231 e. The van der Waals surface area contributed by atoms with Crippen molar-refractivity contribution in [2.24, 2.45) is 16.7 Å². The van der Waals surface area contributed by atoms with E-state index in [-0.39, 0.29) is 29.0 Å². The SMILES string of the molecule is CC(C)(C)CN(C(=O)C1CCCN(C(=O)C(C)(C)C)C1)c1ccc(F)cc1. The maximum atomic E-state index is 13.4. The molecule has 1 heterocycles. The van der Waals surface area contributed by atoms with E-state index in [1.165, 1.54) is 12.1 Å². The summed E-state index contributed by atoms with van der Waals surface area (Å²) in [6.07, 6.45) is 1.60. The molecule has 1 aromatic carbocycles. The first-order valence-corrected chi connectivity index (χ1v) is 9.75. The molecule has 0 N–H and O–H groups in total. The van der Waals surface area contributed by atoms with Crippen molar-refractivity contribution in [2.45, 2.75) is 54.4 Å². The summed E-state index contributed by atoms with van der Waals surface area (Å²) in [4.78, 5) is 29.6. The minimum Gasteiger partial charge on any atom is -0.341 e. The molecule has 0 aromatic heterocycles. The lowest BCUT2D eigenvalue weighted by atomic mass is 9.89. The van der Waals surface area contributed by atoms with Crippen LogP contribution in [0.5, 0.6) is 0 Å². The lowest BCUT2D eigenvalue weighted by molar-refractivity contribution is -0.142. The van der Waals surface area contributed by atoms with Crippen molar-refractivity contribution in [3.05, 3.63) is 30.1 Å². The molecule has 1 saturated heterocycles. The second-order valence-electron chi connectivity index (χ2n) is 9.80. The van der Waals surface area contributed by atoms with Crippen LogP contribution >= 0.6 is 0 Å². The maximum Gasteiger partial charge on any atom is 0.231 e. The van der Waals surface area contributed by atoms with Gasteiger partial charge < -0.3 is 9.80 Å². The second kappa shape index (κ2) is 7.99. The van der Waals surface area contributed by atoms with Crippen LogP contribution in [0.1, 0.15) is 54.4 Å². The molecule has 5 heteroatoms. The van der Waals surface area contributed by atoms with Crippen LogP contribution in [-0.4, -0.2) is 36.3 Å². The third-order valence-electron chi connectivity index (χ3n) is 4.74. The quantitative estimate of drug-likeness (QED) is 0.780. The molecule has 0 aliphatic carbocycles. The molecule has 2 amide bonds. The molecule has 1 unspecified atom stereocenters. The third-order valence-corrected chi connectivity index (χ3v) is 4.74. The van der Waals surface area contributed by atoms with Crippen molar-refractivity contribution in [1.29, 1.82) is 0 Å². The van der Waals surface area contributed by atoms with Gasteiger partial charge in [-0.15, -0.1) is 0 Å². The highest BCUT2D eigenvalue weighted by atomic mass is 19.1. The Labute approximate surface area is 162 Å². The van der Waals surface area contributed by atoms with Crippen LogP contribution in [0.2, 0.25) is 0 Å². The Kier molecular flexibility index (Phi) is 6.33. The van der Waals surface area contributed by atoms with Gasteiger partial charge >= 0.3 is 0 Å². The number of hydrogen-bond acceptors (Lipinski definition) is 2. The fourth-order valence-corrected chi connectivity index (χ4v) is 3.45. The van der Waals surface area contributed by atoms with E-state index in [1.807, 2.05) is 25.7 Å². The molecule has 0 saturated carbocycles. The van der Waals surface area contributed by atoms with E-state index in [9.17, 15) is 14.0 Å². The fraction of sp³-hybridized carbons (Fsp3) is 0.636. The second-order valence-corrected chi connectivity index (χ2v) is 9.80. The van der Waals surface area contributed by atoms with Crippen molar-refractivity contribution < 1.29 is 14.0 Å². The minimum atomic E-state index is -0.451. The molecule has 1 fully saturated rings. The van der Waals surface area contributed by atoms with Gasteiger partial charge in [-0.1, -0.05) is 41.5 Å². The highest BCUT2D eigenvalue weighted by Gasteiger charge is 2.36. The Morgan fingerprint density at radius 2 is 1.70 bits per heavy atom. The van der Waals surface area contributed by atoms with Gasteiger partial charge in [0.25, 0.3) is 0 Å². The zero-order valence-electron chi connectivity index (χ0n) is 17.5. The highest BCUT2D eigenvalue weighted by Crippen LogP contribution is 2.28. The van der Waals surface area contributed by atoms with E-state index in [1.54, 1.807) is 17.0 Å². The van der Waals surface area contributed by atoms with E-state index in [2.05, 4.69) is 20.8 Å². The summed E-state index contributed by atoms with van der Waals surface area (Å²) < 4.78 is 13.3. The van der Waals surface area contributed by atoms with Crippen molar-refractivity contribution >= 4 is 17.5 Å². The van der Waals surface area contributed by atoms with Gasteiger partial charge in [-0.3, -0.25) is 9.59 Å². The van der Waals surface area contributed by atoms with Crippen LogP contribution in [0.4, 0.5) is 10.1 Å². The van der Waals surface area contributed by atoms with Crippen molar-refractivity contribution in [3.8, 4) is 0 Å². The molecule has 1 aromatic rings. The largest absolute Gasteiger partial charge is 0.341 e. The minimum absolute atomic E-state index is 0.0166. The van der Waals surface area contributed by atoms with E-state index in [0.29, 0.717) is 25.3 Å². The highest BCUT2D eigenvalue weighted by molar-refractivity contribution is 5.95. The van der Waals surface area contributed by atoms with E-state index in [4.69, 9.17) is 0 Å². The average Bonchev–Trinajstić information content (AvgIpc) is 2.58. The van der Waals surface area contributed by atoms with E-state index in [0.717, 1.165) is 12.8 Å². The number of piperidine rings is 1. The van der Waals surface area contributed by atoms with Gasteiger partial charge in [0.15, 0.2) is 0 Å². The summed E-state index contributed by atoms with van der Waals surface area (Å²) in [7, 11) is 0. The number of anilines is 1. The molecular formula is C22H33FN2O2. The van der Waals surface area contributed by atoms with E-state index >= 15 is 0 Å². The number of nitrogens with zero attached hydrogens (tertiary/aromatic N) is 2. The molecule has 150 valence electrons. The molecule has 0 spiro atoms. The molecule has 0 radical (unpaired) electrons. The van der Waals surface area contributed by atoms with Crippen LogP contribution in [0.25, 0.3) is 0 Å². The number of halogens is 1. The molecule has 1 aliphatic heterocycles. The molecule has 1 aliphatic rings. The zero-order chi connectivity index (χ0) is 20.4. The summed E-state index contributed by atoms with van der Waals surface area (Å²) >= 11 is 0. The summed E-state index contributed by atoms with van der Waals surface area (Å²) in [5.41, 5.74) is 0.155. The lowest BCUT2D eigenvalue weighted by Crippen LogP contribution is -2.50. The van der Waals surface area contributed by atoms with Crippen LogP contribution < -0.4 is 4.90 Å². The number of hydrogen-bond donors (Lipinski definition) is 0. The summed E-state index contributed by atoms with van der Waals surface area (Å²) in [6, 6.07) is 6.07. The average molecular weight is 377 g/mol. The molecule has 1 atom stereocenters. The normalized spacial score (nSPS) is 18.3. The summed E-state index contributed by atoms with van der Waals surface area (Å²) in [5.74, 6) is -0.439. The Morgan fingerprint density at radius 1 is 1.11 bits per heavy atom. The Morgan fingerprint density at radius 3 is 2.22 bits per heavy atom. The maximum absolute atomic E-state index is 13.4. The lowest BCUT2D eigenvalue weighted by Gasteiger charge is -2.39. The van der Waals surface area contributed by atoms with Gasteiger partial charge in [0.2, 0.25) is 11.8 Å². The Hall–Kier alpha value is -1.91. The fourth-order valence-electron chi connectivity index (χ4n) is 3.45. The van der Waals surface area contributed by atoms with Crippen molar-refractivity contribution in [1.82, 2.24) is 4.90 Å². The van der Waals surface area contributed by atoms with Gasteiger partial charge in [-0.25, -0.2) is 4.39 Å². The molecule has 2 rings (SSSR count). The standard InChI is InChI=1S/C22H33FN2O2/c1-21(2,3)15-25(18-11-9-17(23)10-12-18)19(26)16-8-7-13-24(14-16)20(27)22(4,5)6/h9-12,16H,7-8,13-15H2,1-6H3. The van der Waals surface area contributed by atoms with Crippen LogP contribution in [-0.2, 0) is 9.59 Å². The number of likely N-dealkylation sites (tertiary alicyclic amines) is 1. The van der Waals surface area contributed by atoms with Crippen LogP contribution in [0, 0.1) is 22.6 Å². The first-order valence-electron chi connectivity index (χ1n) is 9.75. The van der Waals surface area contributed by atoms with Crippen molar-refractivity contribution in [3.63, 3.8) is 0 Å². The summed E-state index contributed by atoms with van der Waals surface area (Å²) in [6.45, 7) is 13.7. The summed E-state index contributed by atoms with van der Waals surface area (Å²) in [5, 5.41) is 0. The molecular weight excluding hydrogens is 343 g/mol. The zero-order valence-corrected chi connectivity index (χ0v) is 17.5. The van der Waals surface area contributed by atoms with Gasteiger partial charge in [0.1, 0.15) is 5.82 Å². The predicted molar refractivity (Wildman–Crippen MR) is 107 cm³/mol. The van der Waals surface area contributed by atoms with Gasteiger partial charge in [-0.2, -0.15) is 0 Å². The number of benzene rings is 1. The monoisotopic (exact) mass is 376 g/mol. The third kappa shape index (κ3) is 5.78. The first kappa shape index (κ1) is 21.4. The Bertz CT molecular complexity index is 671. The number of amides is 2. The number of rotatable bonds is 3. The molecule has 4 nitrogen and oxygen atoms in total.